The second-order valence-electron chi connectivity index (χ2n) is 5.47. The van der Waals surface area contributed by atoms with Crippen molar-refractivity contribution in [1.82, 2.24) is 5.32 Å². The molecular formula is C15H21FN2O. The Bertz CT molecular complexity index is 441. The van der Waals surface area contributed by atoms with Crippen molar-refractivity contribution in [1.29, 1.82) is 0 Å². The monoisotopic (exact) mass is 264 g/mol. The van der Waals surface area contributed by atoms with Crippen LogP contribution in [0.25, 0.3) is 0 Å². The highest BCUT2D eigenvalue weighted by atomic mass is 19.1. The van der Waals surface area contributed by atoms with E-state index < -0.39 is 5.82 Å². The van der Waals surface area contributed by atoms with Crippen LogP contribution in [0.5, 0.6) is 0 Å². The number of nitrogens with two attached hydrogens (primary N) is 1. The second-order valence-corrected chi connectivity index (χ2v) is 5.47. The Labute approximate surface area is 113 Å². The maximum absolute atomic E-state index is 13.2. The van der Waals surface area contributed by atoms with E-state index in [9.17, 15) is 9.18 Å². The van der Waals surface area contributed by atoms with E-state index >= 15 is 0 Å². The zero-order valence-electron chi connectivity index (χ0n) is 11.3. The van der Waals surface area contributed by atoms with E-state index in [0.717, 1.165) is 19.3 Å². The number of amides is 1. The molecule has 1 amide bonds. The van der Waals surface area contributed by atoms with E-state index in [2.05, 4.69) is 12.2 Å². The molecule has 0 bridgehead atoms. The average Bonchev–Trinajstić information content (AvgIpc) is 2.54. The number of nitrogen functional groups attached to an aromatic ring is 1. The summed E-state index contributed by atoms with van der Waals surface area (Å²) in [5.41, 5.74) is 6.14. The molecule has 0 saturated heterocycles. The Kier molecular flexibility index (Phi) is 4.40. The van der Waals surface area contributed by atoms with Gasteiger partial charge >= 0.3 is 0 Å². The molecule has 4 heteroatoms. The minimum Gasteiger partial charge on any atom is -0.399 e. The van der Waals surface area contributed by atoms with E-state index in [-0.39, 0.29) is 17.6 Å². The number of carbonyl (C=O) groups excluding carboxylic acids is 1. The fourth-order valence-corrected chi connectivity index (χ4v) is 2.70. The van der Waals surface area contributed by atoms with Gasteiger partial charge in [-0.2, -0.15) is 0 Å². The van der Waals surface area contributed by atoms with Crippen molar-refractivity contribution in [3.8, 4) is 0 Å². The third-order valence-corrected chi connectivity index (χ3v) is 3.86. The lowest BCUT2D eigenvalue weighted by molar-refractivity contribution is 0.0921. The van der Waals surface area contributed by atoms with Gasteiger partial charge < -0.3 is 11.1 Å². The molecule has 1 aliphatic carbocycles. The van der Waals surface area contributed by atoms with Crippen molar-refractivity contribution in [3.05, 3.63) is 29.6 Å². The molecule has 1 aromatic rings. The highest BCUT2D eigenvalue weighted by Crippen LogP contribution is 2.23. The molecule has 0 spiro atoms. The lowest BCUT2D eigenvalue weighted by Crippen LogP contribution is -2.38. The lowest BCUT2D eigenvalue weighted by Gasteiger charge is -2.22. The third kappa shape index (κ3) is 3.69. The van der Waals surface area contributed by atoms with Crippen LogP contribution >= 0.6 is 0 Å². The molecule has 0 heterocycles. The van der Waals surface area contributed by atoms with Crippen LogP contribution < -0.4 is 11.1 Å². The zero-order chi connectivity index (χ0) is 13.8. The molecule has 1 saturated carbocycles. The standard InChI is InChI=1S/C15H21FN2O/c1-10-5-3-2-4-6-14(10)18-15(19)11-7-12(16)9-13(17)8-11/h7-10,14H,2-6,17H2,1H3,(H,18,19). The van der Waals surface area contributed by atoms with E-state index in [1.54, 1.807) is 0 Å². The van der Waals surface area contributed by atoms with Crippen LogP contribution in [0.2, 0.25) is 0 Å². The molecule has 2 atom stereocenters. The Hall–Kier alpha value is -1.58. The van der Waals surface area contributed by atoms with Crippen LogP contribution in [-0.4, -0.2) is 11.9 Å². The van der Waals surface area contributed by atoms with Gasteiger partial charge in [0.1, 0.15) is 5.82 Å². The van der Waals surface area contributed by atoms with Crippen molar-refractivity contribution in [2.75, 3.05) is 5.73 Å². The predicted octanol–water partition coefficient (Wildman–Crippen LogP) is 3.11. The van der Waals surface area contributed by atoms with E-state index in [4.69, 9.17) is 5.73 Å². The van der Waals surface area contributed by atoms with Crippen molar-refractivity contribution in [2.45, 2.75) is 45.1 Å². The molecule has 19 heavy (non-hydrogen) atoms. The minimum absolute atomic E-state index is 0.180. The normalized spacial score (nSPS) is 23.7. The van der Waals surface area contributed by atoms with Crippen molar-refractivity contribution < 1.29 is 9.18 Å². The van der Waals surface area contributed by atoms with Gasteiger partial charge in [-0.25, -0.2) is 4.39 Å². The maximum Gasteiger partial charge on any atom is 0.251 e. The van der Waals surface area contributed by atoms with Crippen LogP contribution in [0.15, 0.2) is 18.2 Å². The number of hydrogen-bond donors (Lipinski definition) is 2. The first-order valence-electron chi connectivity index (χ1n) is 6.93. The van der Waals surface area contributed by atoms with Crippen LogP contribution in [-0.2, 0) is 0 Å². The Balaban J connectivity index is 2.07. The molecule has 0 aliphatic heterocycles. The first-order chi connectivity index (χ1) is 9.06. The van der Waals surface area contributed by atoms with Crippen LogP contribution in [0.1, 0.15) is 49.4 Å². The fourth-order valence-electron chi connectivity index (χ4n) is 2.70. The summed E-state index contributed by atoms with van der Waals surface area (Å²) in [6.45, 7) is 2.16. The van der Waals surface area contributed by atoms with Gasteiger partial charge in [-0.15, -0.1) is 0 Å². The Morgan fingerprint density at radius 2 is 2.00 bits per heavy atom. The van der Waals surface area contributed by atoms with Gasteiger partial charge in [0.15, 0.2) is 0 Å². The maximum atomic E-state index is 13.2. The molecule has 104 valence electrons. The molecular weight excluding hydrogens is 243 g/mol. The van der Waals surface area contributed by atoms with Crippen molar-refractivity contribution in [3.63, 3.8) is 0 Å². The molecule has 3 nitrogen and oxygen atoms in total. The summed E-state index contributed by atoms with van der Waals surface area (Å²) < 4.78 is 13.2. The first kappa shape index (κ1) is 13.8. The van der Waals surface area contributed by atoms with Crippen LogP contribution in [0, 0.1) is 11.7 Å². The third-order valence-electron chi connectivity index (χ3n) is 3.86. The topological polar surface area (TPSA) is 55.1 Å². The second kappa shape index (κ2) is 6.04. The van der Waals surface area contributed by atoms with Gasteiger partial charge in [0.05, 0.1) is 0 Å². The summed E-state index contributed by atoms with van der Waals surface area (Å²) in [4.78, 5) is 12.1. The summed E-state index contributed by atoms with van der Waals surface area (Å²) in [5.74, 6) is -0.235. The number of rotatable bonds is 2. The lowest BCUT2D eigenvalue weighted by atomic mass is 9.96. The van der Waals surface area contributed by atoms with Gasteiger partial charge in [-0.3, -0.25) is 4.79 Å². The van der Waals surface area contributed by atoms with E-state index in [1.165, 1.54) is 31.0 Å². The van der Waals surface area contributed by atoms with Crippen LogP contribution in [0.4, 0.5) is 10.1 Å². The Morgan fingerprint density at radius 3 is 2.74 bits per heavy atom. The number of anilines is 1. The van der Waals surface area contributed by atoms with Gasteiger partial charge in [-0.05, 0) is 37.0 Å². The zero-order valence-corrected chi connectivity index (χ0v) is 11.3. The summed E-state index contributed by atoms with van der Waals surface area (Å²) >= 11 is 0. The Morgan fingerprint density at radius 1 is 1.26 bits per heavy atom. The molecule has 1 fully saturated rings. The summed E-state index contributed by atoms with van der Waals surface area (Å²) in [6, 6.07) is 4.14. The number of halogens is 1. The van der Waals surface area contributed by atoms with Gasteiger partial charge in [0.25, 0.3) is 5.91 Å². The molecule has 2 unspecified atom stereocenters. The minimum atomic E-state index is -0.473. The number of benzene rings is 1. The predicted molar refractivity (Wildman–Crippen MR) is 74.3 cm³/mol. The van der Waals surface area contributed by atoms with Crippen LogP contribution in [0.3, 0.4) is 0 Å². The largest absolute Gasteiger partial charge is 0.399 e. The summed E-state index contributed by atoms with van der Waals surface area (Å²) in [5, 5.41) is 3.02. The quantitative estimate of drug-likeness (QED) is 0.637. The number of hydrogen-bond acceptors (Lipinski definition) is 2. The van der Waals surface area contributed by atoms with Crippen molar-refractivity contribution in [2.24, 2.45) is 5.92 Å². The fraction of sp³-hybridized carbons (Fsp3) is 0.533. The highest BCUT2D eigenvalue weighted by Gasteiger charge is 2.22. The molecule has 1 aromatic carbocycles. The highest BCUT2D eigenvalue weighted by molar-refractivity contribution is 5.95. The van der Waals surface area contributed by atoms with E-state index in [1.807, 2.05) is 0 Å². The smallest absolute Gasteiger partial charge is 0.251 e. The molecule has 0 aromatic heterocycles. The molecule has 3 N–H and O–H groups in total. The number of carbonyl (C=O) groups is 1. The van der Waals surface area contributed by atoms with Gasteiger partial charge in [0, 0.05) is 17.3 Å². The summed E-state index contributed by atoms with van der Waals surface area (Å²) in [7, 11) is 0. The molecule has 2 rings (SSSR count). The SMILES string of the molecule is CC1CCCCCC1NC(=O)c1cc(N)cc(F)c1. The molecule has 0 radical (unpaired) electrons. The van der Waals surface area contributed by atoms with Crippen molar-refractivity contribution >= 4 is 11.6 Å². The number of nitrogens with one attached hydrogen (secondary N) is 1. The summed E-state index contributed by atoms with van der Waals surface area (Å²) in [6.07, 6.45) is 5.72. The van der Waals surface area contributed by atoms with Gasteiger partial charge in [-0.1, -0.05) is 26.2 Å². The van der Waals surface area contributed by atoms with E-state index in [0.29, 0.717) is 11.5 Å². The molecule has 1 aliphatic rings. The first-order valence-corrected chi connectivity index (χ1v) is 6.93. The average molecular weight is 264 g/mol. The van der Waals surface area contributed by atoms with Gasteiger partial charge in [0.2, 0.25) is 0 Å².